The number of nitrogens with two attached hydrogens (primary N) is 1. The highest BCUT2D eigenvalue weighted by molar-refractivity contribution is 6.04. The van der Waals surface area contributed by atoms with Crippen molar-refractivity contribution < 1.29 is 4.79 Å². The molecule has 0 bridgehead atoms. The van der Waals surface area contributed by atoms with Crippen LogP contribution in [0, 0.1) is 11.8 Å². The van der Waals surface area contributed by atoms with Gasteiger partial charge in [-0.15, -0.1) is 0 Å². The molecule has 0 aliphatic carbocycles. The molecule has 0 aliphatic heterocycles. The summed E-state index contributed by atoms with van der Waals surface area (Å²) in [6.07, 6.45) is 10.1. The lowest BCUT2D eigenvalue weighted by molar-refractivity contribution is 0.0941. The van der Waals surface area contributed by atoms with Gasteiger partial charge in [-0.2, -0.15) is 5.10 Å². The van der Waals surface area contributed by atoms with Gasteiger partial charge in [0.25, 0.3) is 5.91 Å². The van der Waals surface area contributed by atoms with E-state index in [0.29, 0.717) is 16.7 Å². The third-order valence-corrected chi connectivity index (χ3v) is 6.35. The van der Waals surface area contributed by atoms with Crippen LogP contribution in [0.15, 0.2) is 79.8 Å². The number of amides is 1. The van der Waals surface area contributed by atoms with E-state index in [1.165, 1.54) is 6.33 Å². The van der Waals surface area contributed by atoms with Gasteiger partial charge in [0.2, 0.25) is 0 Å². The van der Waals surface area contributed by atoms with Crippen molar-refractivity contribution in [3.8, 4) is 23.1 Å². The molecular weight excluding hydrogens is 490 g/mol. The topological polar surface area (TPSA) is 129 Å². The molecule has 3 N–H and O–H groups in total. The van der Waals surface area contributed by atoms with E-state index >= 15 is 0 Å². The maximum atomic E-state index is 13.4. The van der Waals surface area contributed by atoms with Crippen LogP contribution in [-0.4, -0.2) is 40.0 Å². The van der Waals surface area contributed by atoms with Crippen molar-refractivity contribution in [3.05, 3.63) is 102 Å². The number of hydrogen-bond acceptors (Lipinski definition) is 7. The average Bonchev–Trinajstić information content (AvgIpc) is 3.60. The Bertz CT molecular complexity index is 1910. The molecule has 6 aromatic rings. The second-order valence-corrected chi connectivity index (χ2v) is 9.03. The predicted octanol–water partition coefficient (Wildman–Crippen LogP) is 3.55. The van der Waals surface area contributed by atoms with Gasteiger partial charge >= 0.3 is 0 Å². The Balaban J connectivity index is 1.44. The molecule has 6 rings (SSSR count). The third-order valence-electron chi connectivity index (χ3n) is 6.35. The highest BCUT2D eigenvalue weighted by Crippen LogP contribution is 2.31. The fraction of sp³-hybridized carbons (Fsp3) is 0.103. The smallest absolute Gasteiger partial charge is 0.259 e. The largest absolute Gasteiger partial charge is 0.383 e. The number of nitrogens with one attached hydrogen (secondary N) is 1. The molecule has 190 valence electrons. The lowest BCUT2D eigenvalue weighted by Crippen LogP contribution is -2.29. The fourth-order valence-electron chi connectivity index (χ4n) is 4.44. The van der Waals surface area contributed by atoms with Crippen LogP contribution < -0.4 is 11.1 Å². The van der Waals surface area contributed by atoms with Crippen LogP contribution in [0.1, 0.15) is 40.0 Å². The Morgan fingerprint density at radius 3 is 2.72 bits per heavy atom. The summed E-state index contributed by atoms with van der Waals surface area (Å²) in [6, 6.07) is 13.2. The van der Waals surface area contributed by atoms with Gasteiger partial charge in [-0.3, -0.25) is 18.9 Å². The molecule has 0 saturated carbocycles. The summed E-state index contributed by atoms with van der Waals surface area (Å²) < 4.78 is 3.36. The van der Waals surface area contributed by atoms with E-state index < -0.39 is 6.04 Å². The Labute approximate surface area is 223 Å². The van der Waals surface area contributed by atoms with Gasteiger partial charge in [0.15, 0.2) is 5.65 Å². The average molecular weight is 514 g/mol. The Hall–Kier alpha value is -5.56. The van der Waals surface area contributed by atoms with Crippen molar-refractivity contribution in [1.82, 2.24) is 39.4 Å². The molecule has 0 saturated heterocycles. The first-order valence-electron chi connectivity index (χ1n) is 12.2. The van der Waals surface area contributed by atoms with E-state index in [4.69, 9.17) is 10.7 Å². The summed E-state index contributed by atoms with van der Waals surface area (Å²) in [5, 5.41) is 7.23. The lowest BCUT2D eigenvalue weighted by atomic mass is 9.98. The van der Waals surface area contributed by atoms with Crippen molar-refractivity contribution >= 4 is 28.4 Å². The van der Waals surface area contributed by atoms with Crippen LogP contribution in [0.3, 0.4) is 0 Å². The first-order chi connectivity index (χ1) is 19.0. The Morgan fingerprint density at radius 2 is 1.92 bits per heavy atom. The number of aromatic nitrogens is 7. The van der Waals surface area contributed by atoms with E-state index in [1.54, 1.807) is 33.9 Å². The molecule has 10 nitrogen and oxygen atoms in total. The summed E-state index contributed by atoms with van der Waals surface area (Å²) in [5.74, 6) is 6.09. The van der Waals surface area contributed by atoms with Gasteiger partial charge < -0.3 is 11.1 Å². The number of carbonyl (C=O) groups is 1. The Morgan fingerprint density at radius 1 is 1.08 bits per heavy atom. The van der Waals surface area contributed by atoms with Crippen LogP contribution >= 0.6 is 0 Å². The zero-order valence-corrected chi connectivity index (χ0v) is 21.2. The Kier molecular flexibility index (Phi) is 5.93. The van der Waals surface area contributed by atoms with Gasteiger partial charge in [-0.1, -0.05) is 42.2 Å². The van der Waals surface area contributed by atoms with E-state index in [9.17, 15) is 4.79 Å². The van der Waals surface area contributed by atoms with Crippen molar-refractivity contribution in [2.75, 3.05) is 5.73 Å². The number of carbonyl (C=O) groups excluding carboxylic acids is 1. The minimum absolute atomic E-state index is 0.108. The van der Waals surface area contributed by atoms with Gasteiger partial charge in [0.1, 0.15) is 23.2 Å². The fourth-order valence-corrected chi connectivity index (χ4v) is 4.44. The molecule has 39 heavy (non-hydrogen) atoms. The summed E-state index contributed by atoms with van der Waals surface area (Å²) in [5.41, 5.74) is 12.0. The molecule has 0 radical (unpaired) electrons. The third kappa shape index (κ3) is 4.53. The summed E-state index contributed by atoms with van der Waals surface area (Å²) in [7, 11) is 1.85. The number of nitrogens with zero attached hydrogens (tertiary/aromatic N) is 7. The number of imidazole rings is 1. The summed E-state index contributed by atoms with van der Waals surface area (Å²) >= 11 is 0. The van der Waals surface area contributed by atoms with E-state index in [2.05, 4.69) is 37.2 Å². The van der Waals surface area contributed by atoms with Crippen molar-refractivity contribution in [2.24, 2.45) is 7.05 Å². The van der Waals surface area contributed by atoms with E-state index in [-0.39, 0.29) is 17.3 Å². The number of anilines is 1. The first kappa shape index (κ1) is 23.8. The van der Waals surface area contributed by atoms with Crippen LogP contribution in [-0.2, 0) is 7.05 Å². The number of fused-ring (bicyclic) bond motifs is 2. The quantitative estimate of drug-likeness (QED) is 0.345. The second kappa shape index (κ2) is 9.72. The molecule has 5 aromatic heterocycles. The van der Waals surface area contributed by atoms with Gasteiger partial charge in [0, 0.05) is 43.0 Å². The highest BCUT2D eigenvalue weighted by Gasteiger charge is 2.22. The maximum absolute atomic E-state index is 13.4. The molecule has 0 aliphatic rings. The molecular formula is C29H23N9O. The van der Waals surface area contributed by atoms with E-state index in [0.717, 1.165) is 27.9 Å². The van der Waals surface area contributed by atoms with Crippen molar-refractivity contribution in [3.63, 3.8) is 0 Å². The molecule has 1 aromatic carbocycles. The van der Waals surface area contributed by atoms with Gasteiger partial charge in [-0.05, 0) is 19.1 Å². The molecule has 1 amide bonds. The number of rotatable bonds is 4. The highest BCUT2D eigenvalue weighted by atomic mass is 16.1. The second-order valence-electron chi connectivity index (χ2n) is 9.03. The number of pyridine rings is 2. The molecule has 1 atom stereocenters. The van der Waals surface area contributed by atoms with Gasteiger partial charge in [-0.25, -0.2) is 15.0 Å². The normalized spacial score (nSPS) is 11.7. The van der Waals surface area contributed by atoms with E-state index in [1.807, 2.05) is 62.6 Å². The zero-order valence-electron chi connectivity index (χ0n) is 21.2. The SMILES string of the molecule is C[C@@H](NC(=O)c1c(N)ncn2ccnc12)c1cc2nccc(C#Cc3cnn(C)c3)c2nc1-c1ccccc1. The van der Waals surface area contributed by atoms with Crippen LogP contribution in [0.2, 0.25) is 0 Å². The molecule has 0 spiro atoms. The zero-order chi connectivity index (χ0) is 26.9. The number of benzene rings is 1. The standard InChI is InChI=1S/C29H23N9O/c1-18(35-29(39)24-27(30)33-17-38-13-12-32-28(24)38)22-14-23-26(36-25(22)20-6-4-3-5-7-20)21(10-11-31-23)9-8-19-15-34-37(2)16-19/h3-7,10-18H,30H2,1-2H3,(H,35,39)/t18-/m1/s1. The summed E-state index contributed by atoms with van der Waals surface area (Å²) in [6.45, 7) is 1.90. The number of hydrogen-bond donors (Lipinski definition) is 2. The number of aryl methyl sites for hydroxylation is 1. The van der Waals surface area contributed by atoms with Gasteiger partial charge in [0.05, 0.1) is 34.6 Å². The van der Waals surface area contributed by atoms with Crippen LogP contribution in [0.4, 0.5) is 5.82 Å². The lowest BCUT2D eigenvalue weighted by Gasteiger charge is -2.19. The van der Waals surface area contributed by atoms with Crippen LogP contribution in [0.5, 0.6) is 0 Å². The van der Waals surface area contributed by atoms with Crippen molar-refractivity contribution in [2.45, 2.75) is 13.0 Å². The molecule has 10 heteroatoms. The monoisotopic (exact) mass is 513 g/mol. The first-order valence-corrected chi connectivity index (χ1v) is 12.2. The van der Waals surface area contributed by atoms with Crippen LogP contribution in [0.25, 0.3) is 27.9 Å². The number of nitrogen functional groups attached to an aromatic ring is 1. The summed E-state index contributed by atoms with van der Waals surface area (Å²) in [4.78, 5) is 31.4. The predicted molar refractivity (Wildman–Crippen MR) is 147 cm³/mol. The minimum Gasteiger partial charge on any atom is -0.383 e. The molecule has 0 unspecified atom stereocenters. The molecule has 5 heterocycles. The maximum Gasteiger partial charge on any atom is 0.259 e. The molecule has 0 fully saturated rings. The van der Waals surface area contributed by atoms with Crippen molar-refractivity contribution in [1.29, 1.82) is 0 Å². The minimum atomic E-state index is -0.439.